The second-order valence-corrected chi connectivity index (χ2v) is 15.2. The Bertz CT molecular complexity index is 2690. The summed E-state index contributed by atoms with van der Waals surface area (Å²) in [6.07, 6.45) is -27.1. The van der Waals surface area contributed by atoms with Gasteiger partial charge in [0.25, 0.3) is 5.91 Å². The third-order valence-electron chi connectivity index (χ3n) is 8.39. The number of benzene rings is 4. The molecule has 33 heteroatoms. The van der Waals surface area contributed by atoms with Gasteiger partial charge in [-0.25, -0.2) is 31.1 Å². The highest BCUT2D eigenvalue weighted by molar-refractivity contribution is 9.11. The highest BCUT2D eigenvalue weighted by Gasteiger charge is 2.83. The molecule has 4 aromatic rings. The zero-order chi connectivity index (χ0) is 54.2. The molecule has 0 saturated carbocycles. The summed E-state index contributed by atoms with van der Waals surface area (Å²) in [5.41, 5.74) is -15.8. The smallest absolute Gasteiger partial charge is 0.457 e. The Morgan fingerprint density at radius 3 is 1.22 bits per heavy atom. The number of nitriles is 2. The molecule has 0 aliphatic rings. The SMILES string of the molecule is N#Cc1ccc(C(=O)Nc2c(Cl)cc(C(F)(C(F)(F)F)C(F)(F)C(F)(F)F)cc2Br)c(F)c1F.N#Cc1ccc(C(=O)O)c(F)c1F.Nc1c(Cl)cc(C(F)(C(F)(F)F)C(F)(F)C(F)(F)F)cc1Br. The second-order valence-electron chi connectivity index (χ2n) is 12.7. The lowest BCUT2D eigenvalue weighted by atomic mass is 9.87. The predicted molar refractivity (Wildman–Crippen MR) is 199 cm³/mol. The molecule has 69 heavy (non-hydrogen) atoms. The molecule has 376 valence electrons. The fourth-order valence-electron chi connectivity index (χ4n) is 4.90. The molecule has 0 spiro atoms. The quantitative estimate of drug-likeness (QED) is 0.124. The van der Waals surface area contributed by atoms with Gasteiger partial charge in [0, 0.05) is 20.1 Å². The first-order valence-electron chi connectivity index (χ1n) is 16.4. The lowest BCUT2D eigenvalue weighted by Gasteiger charge is -2.36. The van der Waals surface area contributed by atoms with E-state index in [2.05, 4.69) is 31.9 Å². The fourth-order valence-corrected chi connectivity index (χ4v) is 6.64. The minimum absolute atomic E-state index is 0.0329. The average Bonchev–Trinajstić information content (AvgIpc) is 3.20. The maximum atomic E-state index is 14.6. The van der Waals surface area contributed by atoms with Crippen LogP contribution in [0.3, 0.4) is 0 Å². The van der Waals surface area contributed by atoms with Gasteiger partial charge in [-0.3, -0.25) is 4.79 Å². The third-order valence-corrected chi connectivity index (χ3v) is 10.3. The zero-order valence-corrected chi connectivity index (χ0v) is 36.4. The topological polar surface area (TPSA) is 140 Å². The van der Waals surface area contributed by atoms with Gasteiger partial charge in [-0.1, -0.05) is 23.2 Å². The van der Waals surface area contributed by atoms with E-state index in [1.807, 2.05) is 0 Å². The summed E-state index contributed by atoms with van der Waals surface area (Å²) >= 11 is 15.9. The molecule has 0 radical (unpaired) electrons. The number of nitrogen functional groups attached to an aromatic ring is 1. The van der Waals surface area contributed by atoms with Crippen LogP contribution in [0.2, 0.25) is 10.0 Å². The number of carbonyl (C=O) groups is 2. The van der Waals surface area contributed by atoms with Crippen LogP contribution in [0.1, 0.15) is 43.0 Å². The third kappa shape index (κ3) is 11.3. The Balaban J connectivity index is 0.000000397. The van der Waals surface area contributed by atoms with Gasteiger partial charge in [0.05, 0.1) is 43.7 Å². The largest absolute Gasteiger partial charge is 0.478 e. The monoisotopic (exact) mass is 1190 g/mol. The number of carbonyl (C=O) groups excluding carboxylic acids is 1. The van der Waals surface area contributed by atoms with Crippen LogP contribution >= 0.6 is 55.1 Å². The van der Waals surface area contributed by atoms with Gasteiger partial charge in [0.1, 0.15) is 12.1 Å². The maximum absolute atomic E-state index is 14.6. The minimum atomic E-state index is -6.97. The average molecular weight is 1200 g/mol. The van der Waals surface area contributed by atoms with Crippen molar-refractivity contribution in [1.29, 1.82) is 10.5 Å². The van der Waals surface area contributed by atoms with E-state index in [4.69, 9.17) is 44.6 Å². The highest BCUT2D eigenvalue weighted by Crippen LogP contribution is 2.60. The maximum Gasteiger partial charge on any atom is 0.457 e. The van der Waals surface area contributed by atoms with E-state index < -0.39 is 147 Å². The zero-order valence-electron chi connectivity index (χ0n) is 31.7. The standard InChI is InChI=1S/C18H5BrClF11N2O.C10H4BrClF9N.C8H3F2NO2/c19-9-3-7(15(23,17(26,27)28)16(24,25)18(29,30)31)4-10(20)13(9)33-14(34)8-2-1-6(5-32)11(21)12(8)22;11-4-1-3(2-5(12)6(4)22)7(13,9(16,17)18)8(14,15)10(19,20)21;9-6-4(3-11)1-2-5(7(6)10)8(12)13/h1-4H,(H,33,34);1-2H,22H2;1-2H,(H,12,13). The van der Waals surface area contributed by atoms with Crippen LogP contribution in [0.4, 0.5) is 108 Å². The van der Waals surface area contributed by atoms with Gasteiger partial charge < -0.3 is 16.2 Å². The normalized spacial score (nSPS) is 14.1. The van der Waals surface area contributed by atoms with Crippen molar-refractivity contribution < 1.29 is 111 Å². The van der Waals surface area contributed by atoms with E-state index in [0.29, 0.717) is 12.1 Å². The van der Waals surface area contributed by atoms with Crippen LogP contribution in [0.15, 0.2) is 57.5 Å². The van der Waals surface area contributed by atoms with Gasteiger partial charge in [-0.15, -0.1) is 0 Å². The van der Waals surface area contributed by atoms with Gasteiger partial charge in [0.15, 0.2) is 23.3 Å². The molecule has 0 saturated heterocycles. The molecule has 2 atom stereocenters. The summed E-state index contributed by atoms with van der Waals surface area (Å²) in [7, 11) is 0. The number of carboxylic acids is 1. The van der Waals surface area contributed by atoms with E-state index in [9.17, 15) is 106 Å². The van der Waals surface area contributed by atoms with Gasteiger partial charge >= 0.3 is 53.9 Å². The van der Waals surface area contributed by atoms with E-state index >= 15 is 0 Å². The Labute approximate surface area is 394 Å². The number of hydrogen-bond acceptors (Lipinski definition) is 5. The molecule has 0 bridgehead atoms. The number of nitrogens with zero attached hydrogens (tertiary/aromatic N) is 2. The van der Waals surface area contributed by atoms with Crippen LogP contribution in [0, 0.1) is 45.9 Å². The summed E-state index contributed by atoms with van der Waals surface area (Å²) in [6.45, 7) is 0. The molecule has 4 N–H and O–H groups in total. The van der Waals surface area contributed by atoms with E-state index in [1.54, 1.807) is 5.32 Å². The van der Waals surface area contributed by atoms with Crippen molar-refractivity contribution in [2.45, 2.75) is 47.9 Å². The van der Waals surface area contributed by atoms with Crippen LogP contribution in [0.5, 0.6) is 0 Å². The van der Waals surface area contributed by atoms with E-state index in [0.717, 1.165) is 12.1 Å². The number of carboxylic acid groups (broad SMARTS) is 1. The van der Waals surface area contributed by atoms with Crippen LogP contribution < -0.4 is 11.1 Å². The molecule has 7 nitrogen and oxygen atoms in total. The first-order chi connectivity index (χ1) is 31.0. The Morgan fingerprint density at radius 1 is 0.551 bits per heavy atom. The van der Waals surface area contributed by atoms with Gasteiger partial charge in [-0.2, -0.15) is 80.8 Å². The fraction of sp³-hybridized carbons (Fsp3) is 0.222. The first-order valence-corrected chi connectivity index (χ1v) is 18.8. The number of amides is 1. The number of nitrogens with two attached hydrogens (primary N) is 1. The number of halogens is 26. The highest BCUT2D eigenvalue weighted by atomic mass is 79.9. The van der Waals surface area contributed by atoms with E-state index in [-0.39, 0.29) is 24.3 Å². The molecule has 0 aromatic heterocycles. The Morgan fingerprint density at radius 2 is 0.899 bits per heavy atom. The molecule has 0 fully saturated rings. The number of aromatic carboxylic acids is 1. The van der Waals surface area contributed by atoms with Crippen molar-refractivity contribution in [3.05, 3.63) is 124 Å². The van der Waals surface area contributed by atoms with Crippen molar-refractivity contribution in [1.82, 2.24) is 0 Å². The Kier molecular flexibility index (Phi) is 17.8. The van der Waals surface area contributed by atoms with Crippen LogP contribution in [-0.4, -0.2) is 53.5 Å². The lowest BCUT2D eigenvalue weighted by Crippen LogP contribution is -2.59. The minimum Gasteiger partial charge on any atom is -0.478 e. The number of hydrogen-bond donors (Lipinski definition) is 3. The molecule has 1 amide bonds. The number of anilines is 2. The molecular formula is C36H12Br2Cl2F22N4O3. The van der Waals surface area contributed by atoms with Crippen LogP contribution in [0.25, 0.3) is 0 Å². The summed E-state index contributed by atoms with van der Waals surface area (Å²) in [5, 5.41) is 25.0. The number of nitrogens with one attached hydrogen (secondary N) is 1. The molecule has 0 aliphatic heterocycles. The summed E-state index contributed by atoms with van der Waals surface area (Å²) in [6, 6.07) is 5.42. The first kappa shape index (κ1) is 59.7. The van der Waals surface area contributed by atoms with E-state index in [1.165, 1.54) is 12.1 Å². The van der Waals surface area contributed by atoms with Gasteiger partial charge in [-0.05, 0) is 80.4 Å². The predicted octanol–water partition coefficient (Wildman–Crippen LogP) is 14.6. The molecular weight excluding hydrogens is 1190 g/mol. The van der Waals surface area contributed by atoms with Gasteiger partial charge in [0.2, 0.25) is 0 Å². The summed E-state index contributed by atoms with van der Waals surface area (Å²) in [5.74, 6) is -23.3. The second kappa shape index (κ2) is 20.5. The number of rotatable bonds is 7. The summed E-state index contributed by atoms with van der Waals surface area (Å²) in [4.78, 5) is 22.5. The van der Waals surface area contributed by atoms with Crippen molar-refractivity contribution in [3.8, 4) is 12.1 Å². The lowest BCUT2D eigenvalue weighted by molar-refractivity contribution is -0.389. The van der Waals surface area contributed by atoms with Crippen molar-refractivity contribution in [3.63, 3.8) is 0 Å². The molecule has 0 heterocycles. The van der Waals surface area contributed by atoms with Crippen LogP contribution in [-0.2, 0) is 11.3 Å². The molecule has 2 unspecified atom stereocenters. The van der Waals surface area contributed by atoms with Crippen molar-refractivity contribution in [2.24, 2.45) is 0 Å². The number of alkyl halides is 18. The Hall–Kier alpha value is -5.40. The molecule has 4 aromatic carbocycles. The van der Waals surface area contributed by atoms with Crippen molar-refractivity contribution in [2.75, 3.05) is 11.1 Å². The molecule has 0 aliphatic carbocycles. The van der Waals surface area contributed by atoms with Crippen molar-refractivity contribution >= 4 is 78.3 Å². The summed E-state index contributed by atoms with van der Waals surface area (Å²) < 4.78 is 287. The molecule has 4 rings (SSSR count).